The molecule has 0 aromatic carbocycles. The van der Waals surface area contributed by atoms with E-state index in [1.165, 1.54) is 5.06 Å². The third kappa shape index (κ3) is 7.46. The molecule has 0 bridgehead atoms. The van der Waals surface area contributed by atoms with E-state index in [0.29, 0.717) is 18.2 Å². The zero-order valence-corrected chi connectivity index (χ0v) is 19.7. The number of hydrogen-bond donors (Lipinski definition) is 2. The van der Waals surface area contributed by atoms with Crippen LogP contribution in [0.2, 0.25) is 5.15 Å². The maximum Gasteiger partial charge on any atom is 0.435 e. The lowest BCUT2D eigenvalue weighted by Crippen LogP contribution is -2.35. The summed E-state index contributed by atoms with van der Waals surface area (Å²) < 4.78 is 5.31. The van der Waals surface area contributed by atoms with Gasteiger partial charge in [0.1, 0.15) is 10.8 Å². The van der Waals surface area contributed by atoms with Gasteiger partial charge in [-0.2, -0.15) is 10.5 Å². The quantitative estimate of drug-likeness (QED) is 0.596. The Hall–Kier alpha value is -2.17. The molecule has 11 heteroatoms. The van der Waals surface area contributed by atoms with Gasteiger partial charge in [0.05, 0.1) is 25.3 Å². The molecule has 9 nitrogen and oxygen atoms in total. The number of amides is 1. The highest BCUT2D eigenvalue weighted by atomic mass is 35.5. The number of nitrogens with zero attached hydrogens (tertiary/aromatic N) is 3. The number of rotatable bonds is 2. The highest BCUT2D eigenvalue weighted by Gasteiger charge is 2.35. The van der Waals surface area contributed by atoms with E-state index in [1.807, 2.05) is 32.9 Å². The van der Waals surface area contributed by atoms with Crippen LogP contribution in [0, 0.1) is 0 Å². The van der Waals surface area contributed by atoms with Gasteiger partial charge in [0, 0.05) is 24.9 Å². The van der Waals surface area contributed by atoms with E-state index < -0.39 is 11.7 Å². The van der Waals surface area contributed by atoms with Crippen LogP contribution in [-0.4, -0.2) is 45.0 Å². The summed E-state index contributed by atoms with van der Waals surface area (Å²) in [5.41, 5.74) is 4.25. The van der Waals surface area contributed by atoms with Gasteiger partial charge in [0.25, 0.3) is 0 Å². The first-order chi connectivity index (χ1) is 14.7. The Labute approximate surface area is 198 Å². The van der Waals surface area contributed by atoms with Crippen molar-refractivity contribution in [2.24, 2.45) is 0 Å². The second kappa shape index (κ2) is 11.6. The average molecular weight is 487 g/mol. The molecule has 2 unspecified atom stereocenters. The van der Waals surface area contributed by atoms with Crippen LogP contribution in [0.4, 0.5) is 4.79 Å². The number of aromatic nitrogens is 2. The van der Waals surface area contributed by atoms with Gasteiger partial charge < -0.3 is 14.7 Å². The molecule has 2 aliphatic heterocycles. The van der Waals surface area contributed by atoms with Crippen molar-refractivity contribution in [3.63, 3.8) is 0 Å². The van der Waals surface area contributed by atoms with Crippen molar-refractivity contribution in [1.82, 2.24) is 20.5 Å². The fraction of sp³-hybridized carbons (Fsp3) is 0.476. The van der Waals surface area contributed by atoms with E-state index in [9.17, 15) is 4.79 Å². The van der Waals surface area contributed by atoms with Crippen LogP contribution in [-0.2, 0) is 14.4 Å². The van der Waals surface area contributed by atoms with Crippen LogP contribution in [0.25, 0.3) is 0 Å². The number of carbonyl (C=O) groups is 1. The molecular weight excluding hydrogens is 459 g/mol. The standard InChI is InChI=1S/C13H17ClN2O3.C8H10N2O2.ClH/c1-13(2,3)19-12(17)16-10(6-7-18-16)9-4-5-11(14)15-8-9;11-8-2-1-6(5-9-8)7-3-4-12-10-7;/h4-5,8,10H,6-7H2,1-3H3;1-2,5,7,10H,3-4H2,(H,9,11);1H. The summed E-state index contributed by atoms with van der Waals surface area (Å²) in [6.45, 7) is 6.66. The fourth-order valence-electron chi connectivity index (χ4n) is 3.08. The summed E-state index contributed by atoms with van der Waals surface area (Å²) in [6.07, 6.45) is 4.49. The minimum atomic E-state index is -0.550. The molecule has 4 heterocycles. The monoisotopic (exact) mass is 486 g/mol. The van der Waals surface area contributed by atoms with Crippen LogP contribution in [0.15, 0.2) is 36.7 Å². The molecule has 2 fully saturated rings. The second-order valence-electron chi connectivity index (χ2n) is 8.12. The predicted octanol–water partition coefficient (Wildman–Crippen LogP) is 4.52. The lowest BCUT2D eigenvalue weighted by molar-refractivity contribution is -0.125. The van der Waals surface area contributed by atoms with Gasteiger partial charge in [-0.1, -0.05) is 23.7 Å². The number of hydroxylamine groups is 3. The molecule has 32 heavy (non-hydrogen) atoms. The summed E-state index contributed by atoms with van der Waals surface area (Å²) in [4.78, 5) is 30.2. The van der Waals surface area contributed by atoms with Crippen LogP contribution < -0.4 is 5.48 Å². The van der Waals surface area contributed by atoms with E-state index in [4.69, 9.17) is 31.1 Å². The molecule has 2 aromatic heterocycles. The van der Waals surface area contributed by atoms with Crippen molar-refractivity contribution in [3.05, 3.63) is 52.9 Å². The lowest BCUT2D eigenvalue weighted by Gasteiger charge is -2.27. The largest absolute Gasteiger partial charge is 0.493 e. The van der Waals surface area contributed by atoms with E-state index in [2.05, 4.69) is 15.4 Å². The molecule has 0 radical (unpaired) electrons. The Balaban J connectivity index is 0.000000241. The van der Waals surface area contributed by atoms with Gasteiger partial charge in [-0.05, 0) is 44.4 Å². The minimum absolute atomic E-state index is 0. The molecule has 0 aliphatic carbocycles. The highest BCUT2D eigenvalue weighted by Crippen LogP contribution is 2.31. The van der Waals surface area contributed by atoms with E-state index in [-0.39, 0.29) is 30.4 Å². The van der Waals surface area contributed by atoms with Gasteiger partial charge in [0.15, 0.2) is 0 Å². The van der Waals surface area contributed by atoms with Crippen LogP contribution >= 0.6 is 24.0 Å². The Morgan fingerprint density at radius 2 is 1.88 bits per heavy atom. The SMILES string of the molecule is CC(C)(C)OC(=O)N1OCCC1c1ccc(Cl)nc1.Cl.Oc1ccc(C2CCON2)cn1. The number of pyridine rings is 2. The Morgan fingerprint density at radius 3 is 2.44 bits per heavy atom. The van der Waals surface area contributed by atoms with Gasteiger partial charge in [-0.25, -0.2) is 14.8 Å². The molecule has 2 N–H and O–H groups in total. The second-order valence-corrected chi connectivity index (χ2v) is 8.50. The Morgan fingerprint density at radius 1 is 1.16 bits per heavy atom. The first-order valence-corrected chi connectivity index (χ1v) is 10.4. The zero-order valence-electron chi connectivity index (χ0n) is 18.2. The van der Waals surface area contributed by atoms with Crippen LogP contribution in [0.5, 0.6) is 5.88 Å². The van der Waals surface area contributed by atoms with E-state index in [1.54, 1.807) is 24.5 Å². The summed E-state index contributed by atoms with van der Waals surface area (Å²) in [5, 5.41) is 10.6. The number of hydrogen-bond acceptors (Lipinski definition) is 8. The minimum Gasteiger partial charge on any atom is -0.493 e. The van der Waals surface area contributed by atoms with Gasteiger partial charge in [-0.15, -0.1) is 12.4 Å². The smallest absolute Gasteiger partial charge is 0.435 e. The number of ether oxygens (including phenoxy) is 1. The van der Waals surface area contributed by atoms with Crippen molar-refractivity contribution in [3.8, 4) is 5.88 Å². The number of nitrogens with one attached hydrogen (secondary N) is 1. The summed E-state index contributed by atoms with van der Waals surface area (Å²) in [5.74, 6) is 0.0534. The number of halogens is 2. The van der Waals surface area contributed by atoms with Crippen molar-refractivity contribution in [2.75, 3.05) is 13.2 Å². The van der Waals surface area contributed by atoms with Gasteiger partial charge in [0.2, 0.25) is 5.88 Å². The lowest BCUT2D eigenvalue weighted by atomic mass is 10.1. The average Bonchev–Trinajstić information content (AvgIpc) is 3.41. The molecule has 2 atom stereocenters. The molecule has 1 amide bonds. The van der Waals surface area contributed by atoms with Crippen molar-refractivity contribution in [2.45, 2.75) is 51.3 Å². The molecule has 2 aliphatic rings. The summed E-state index contributed by atoms with van der Waals surface area (Å²) >= 11 is 5.76. The van der Waals surface area contributed by atoms with Crippen molar-refractivity contribution < 1.29 is 24.3 Å². The molecule has 0 spiro atoms. The molecular formula is C21H28Cl2N4O5. The van der Waals surface area contributed by atoms with Crippen molar-refractivity contribution >= 4 is 30.1 Å². The molecule has 2 aromatic rings. The van der Waals surface area contributed by atoms with Crippen LogP contribution in [0.3, 0.4) is 0 Å². The van der Waals surface area contributed by atoms with Crippen LogP contribution in [0.1, 0.15) is 56.8 Å². The van der Waals surface area contributed by atoms with Gasteiger partial charge in [-0.3, -0.25) is 4.84 Å². The van der Waals surface area contributed by atoms with Crippen molar-refractivity contribution in [1.29, 1.82) is 0 Å². The Kier molecular flexibility index (Phi) is 9.47. The third-order valence-corrected chi connectivity index (χ3v) is 4.74. The maximum atomic E-state index is 12.0. The van der Waals surface area contributed by atoms with Gasteiger partial charge >= 0.3 is 6.09 Å². The maximum absolute atomic E-state index is 12.0. The molecule has 176 valence electrons. The summed E-state index contributed by atoms with van der Waals surface area (Å²) in [6, 6.07) is 7.00. The summed E-state index contributed by atoms with van der Waals surface area (Å²) in [7, 11) is 0. The Bertz CT molecular complexity index is 856. The third-order valence-electron chi connectivity index (χ3n) is 4.52. The fourth-order valence-corrected chi connectivity index (χ4v) is 3.19. The highest BCUT2D eigenvalue weighted by molar-refractivity contribution is 6.29. The molecule has 4 rings (SSSR count). The molecule has 2 saturated heterocycles. The topological polar surface area (TPSA) is 106 Å². The first-order valence-electron chi connectivity index (χ1n) is 10.0. The molecule has 0 saturated carbocycles. The normalized spacial score (nSPS) is 20.2. The van der Waals surface area contributed by atoms with E-state index >= 15 is 0 Å². The van der Waals surface area contributed by atoms with E-state index in [0.717, 1.165) is 24.2 Å². The predicted molar refractivity (Wildman–Crippen MR) is 120 cm³/mol. The number of aromatic hydroxyl groups is 1. The first kappa shape index (κ1) is 26.1. The zero-order chi connectivity index (χ0) is 22.4. The number of carbonyl (C=O) groups excluding carboxylic acids is 1.